The summed E-state index contributed by atoms with van der Waals surface area (Å²) in [7, 11) is -1.85. The Labute approximate surface area is 182 Å². The number of carbonyl (C=O) groups excluding carboxylic acids is 2. The summed E-state index contributed by atoms with van der Waals surface area (Å²) >= 11 is 6.32. The number of hydrogen-bond donors (Lipinski definition) is 0. The van der Waals surface area contributed by atoms with Crippen molar-refractivity contribution in [3.05, 3.63) is 34.9 Å². The minimum absolute atomic E-state index is 0.0650. The number of amides is 1. The van der Waals surface area contributed by atoms with E-state index in [0.717, 1.165) is 0 Å². The minimum atomic E-state index is -3.21. The summed E-state index contributed by atoms with van der Waals surface area (Å²) in [6, 6.07) is 6.59. The second-order valence-corrected chi connectivity index (χ2v) is 10.1. The molecule has 30 heavy (non-hydrogen) atoms. The Morgan fingerprint density at radius 3 is 2.20 bits per heavy atom. The molecule has 0 aliphatic carbocycles. The van der Waals surface area contributed by atoms with Gasteiger partial charge in [-0.05, 0) is 24.5 Å². The van der Waals surface area contributed by atoms with Crippen LogP contribution in [0, 0.1) is 5.92 Å². The second kappa shape index (κ2) is 9.64. The zero-order chi connectivity index (χ0) is 21.9. The van der Waals surface area contributed by atoms with Crippen LogP contribution in [-0.2, 0) is 24.3 Å². The summed E-state index contributed by atoms with van der Waals surface area (Å²) in [5.41, 5.74) is 0.693. The van der Waals surface area contributed by atoms with E-state index in [2.05, 4.69) is 0 Å². The summed E-state index contributed by atoms with van der Waals surface area (Å²) in [5.74, 6) is -0.472. The van der Waals surface area contributed by atoms with Gasteiger partial charge in [0, 0.05) is 50.2 Å². The van der Waals surface area contributed by atoms with Crippen molar-refractivity contribution in [1.29, 1.82) is 0 Å². The minimum Gasteiger partial charge on any atom is -0.468 e. The van der Waals surface area contributed by atoms with Crippen LogP contribution in [0.3, 0.4) is 0 Å². The quantitative estimate of drug-likeness (QED) is 0.620. The molecule has 166 valence electrons. The van der Waals surface area contributed by atoms with Gasteiger partial charge in [0.2, 0.25) is 15.9 Å². The molecule has 3 rings (SSSR count). The zero-order valence-electron chi connectivity index (χ0n) is 17.3. The van der Waals surface area contributed by atoms with Crippen molar-refractivity contribution in [1.82, 2.24) is 14.1 Å². The summed E-state index contributed by atoms with van der Waals surface area (Å²) in [6.45, 7) is 2.82. The van der Waals surface area contributed by atoms with Crippen LogP contribution in [0.1, 0.15) is 24.4 Å². The Hall–Kier alpha value is -1.68. The molecule has 1 amide bonds. The van der Waals surface area contributed by atoms with Gasteiger partial charge in [0.15, 0.2) is 0 Å². The van der Waals surface area contributed by atoms with Crippen molar-refractivity contribution in [2.75, 3.05) is 52.6 Å². The lowest BCUT2D eigenvalue weighted by Crippen LogP contribution is -2.53. The first-order valence-electron chi connectivity index (χ1n) is 10.0. The molecule has 0 saturated carbocycles. The Bertz CT molecular complexity index is 878. The molecule has 0 spiro atoms. The number of esters is 1. The van der Waals surface area contributed by atoms with Crippen LogP contribution in [-0.4, -0.2) is 87.0 Å². The number of methoxy groups -OCH3 is 1. The van der Waals surface area contributed by atoms with Gasteiger partial charge in [-0.3, -0.25) is 9.69 Å². The van der Waals surface area contributed by atoms with E-state index in [0.29, 0.717) is 62.7 Å². The molecule has 2 saturated heterocycles. The number of piperazine rings is 1. The predicted octanol–water partition coefficient (Wildman–Crippen LogP) is 1.37. The molecule has 2 heterocycles. The Balaban J connectivity index is 1.61. The van der Waals surface area contributed by atoms with Crippen molar-refractivity contribution >= 4 is 33.5 Å². The third-order valence-electron chi connectivity index (χ3n) is 5.89. The average Bonchev–Trinajstić information content (AvgIpc) is 2.74. The molecule has 2 fully saturated rings. The Kier molecular flexibility index (Phi) is 7.38. The van der Waals surface area contributed by atoms with Gasteiger partial charge in [0.1, 0.15) is 6.04 Å². The molecule has 2 aliphatic heterocycles. The molecular formula is C20H28ClN3O5S. The van der Waals surface area contributed by atoms with Crippen LogP contribution in [0.2, 0.25) is 5.02 Å². The zero-order valence-corrected chi connectivity index (χ0v) is 18.9. The fraction of sp³-hybridized carbons (Fsp3) is 0.600. The van der Waals surface area contributed by atoms with Crippen LogP contribution in [0.25, 0.3) is 0 Å². The van der Waals surface area contributed by atoms with Crippen LogP contribution < -0.4 is 0 Å². The van der Waals surface area contributed by atoms with Gasteiger partial charge in [-0.25, -0.2) is 17.5 Å². The van der Waals surface area contributed by atoms with Crippen LogP contribution in [0.15, 0.2) is 24.3 Å². The lowest BCUT2D eigenvalue weighted by atomic mass is 9.96. The Morgan fingerprint density at radius 2 is 1.67 bits per heavy atom. The maximum absolute atomic E-state index is 12.9. The number of rotatable bonds is 5. The lowest BCUT2D eigenvalue weighted by Gasteiger charge is -2.40. The number of hydrogen-bond acceptors (Lipinski definition) is 6. The molecule has 0 radical (unpaired) electrons. The lowest BCUT2D eigenvalue weighted by molar-refractivity contribution is -0.149. The van der Waals surface area contributed by atoms with E-state index in [1.807, 2.05) is 28.0 Å². The van der Waals surface area contributed by atoms with Gasteiger partial charge < -0.3 is 9.64 Å². The van der Waals surface area contributed by atoms with Crippen molar-refractivity contribution in [2.45, 2.75) is 18.9 Å². The SMILES string of the molecule is COC(=O)C(c1ccccc1Cl)N1CCN(C(=O)C2CCN(S(C)(=O)=O)CC2)CC1. The first-order chi connectivity index (χ1) is 14.2. The summed E-state index contributed by atoms with van der Waals surface area (Å²) < 4.78 is 29.8. The highest BCUT2D eigenvalue weighted by molar-refractivity contribution is 7.88. The largest absolute Gasteiger partial charge is 0.468 e. The average molecular weight is 458 g/mol. The summed E-state index contributed by atoms with van der Waals surface area (Å²) in [4.78, 5) is 29.2. The molecule has 0 N–H and O–H groups in total. The van der Waals surface area contributed by atoms with Crippen LogP contribution >= 0.6 is 11.6 Å². The smallest absolute Gasteiger partial charge is 0.327 e. The number of carbonyl (C=O) groups is 2. The van der Waals surface area contributed by atoms with E-state index in [4.69, 9.17) is 16.3 Å². The molecule has 8 nitrogen and oxygen atoms in total. The summed E-state index contributed by atoms with van der Waals surface area (Å²) in [6.07, 6.45) is 2.28. The van der Waals surface area contributed by atoms with Gasteiger partial charge in [0.05, 0.1) is 13.4 Å². The number of sulfonamides is 1. The highest BCUT2D eigenvalue weighted by Crippen LogP contribution is 2.30. The van der Waals surface area contributed by atoms with Crippen LogP contribution in [0.5, 0.6) is 0 Å². The first-order valence-corrected chi connectivity index (χ1v) is 12.2. The normalized spacial score (nSPS) is 20.7. The van der Waals surface area contributed by atoms with Crippen LogP contribution in [0.4, 0.5) is 0 Å². The van der Waals surface area contributed by atoms with Crippen molar-refractivity contribution in [2.24, 2.45) is 5.92 Å². The Morgan fingerprint density at radius 1 is 1.07 bits per heavy atom. The fourth-order valence-corrected chi connectivity index (χ4v) is 5.29. The van der Waals surface area contributed by atoms with E-state index >= 15 is 0 Å². The molecule has 0 aromatic heterocycles. The maximum atomic E-state index is 12.9. The van der Waals surface area contributed by atoms with Gasteiger partial charge in [-0.2, -0.15) is 0 Å². The molecule has 1 atom stereocenters. The first kappa shape index (κ1) is 23.0. The topological polar surface area (TPSA) is 87.2 Å². The highest BCUT2D eigenvalue weighted by atomic mass is 35.5. The van der Waals surface area contributed by atoms with E-state index in [1.54, 1.807) is 6.07 Å². The fourth-order valence-electron chi connectivity index (χ4n) is 4.17. The molecule has 1 aromatic carbocycles. The predicted molar refractivity (Wildman–Crippen MR) is 114 cm³/mol. The van der Waals surface area contributed by atoms with Crippen molar-refractivity contribution in [3.63, 3.8) is 0 Å². The molecule has 1 aromatic rings. The highest BCUT2D eigenvalue weighted by Gasteiger charge is 2.36. The van der Waals surface area contributed by atoms with E-state index in [-0.39, 0.29) is 17.8 Å². The van der Waals surface area contributed by atoms with Gasteiger partial charge in [-0.15, -0.1) is 0 Å². The van der Waals surface area contributed by atoms with Crippen molar-refractivity contribution < 1.29 is 22.7 Å². The molecule has 1 unspecified atom stereocenters. The van der Waals surface area contributed by atoms with Gasteiger partial charge in [0.25, 0.3) is 0 Å². The van der Waals surface area contributed by atoms with E-state index in [1.165, 1.54) is 17.7 Å². The van der Waals surface area contributed by atoms with E-state index < -0.39 is 16.1 Å². The number of nitrogens with zero attached hydrogens (tertiary/aromatic N) is 3. The van der Waals surface area contributed by atoms with Crippen molar-refractivity contribution in [3.8, 4) is 0 Å². The van der Waals surface area contributed by atoms with Gasteiger partial charge in [-0.1, -0.05) is 29.8 Å². The standard InChI is InChI=1S/C20H28ClN3O5S/c1-29-20(26)18(16-5-3-4-6-17(16)21)22-11-13-23(14-12-22)19(25)15-7-9-24(10-8-15)30(2,27)28/h3-6,15,18H,7-14H2,1-2H3. The third kappa shape index (κ3) is 5.14. The molecule has 10 heteroatoms. The third-order valence-corrected chi connectivity index (χ3v) is 7.53. The maximum Gasteiger partial charge on any atom is 0.327 e. The number of halogens is 1. The monoisotopic (exact) mass is 457 g/mol. The second-order valence-electron chi connectivity index (χ2n) is 7.74. The number of piperidine rings is 1. The number of ether oxygens (including phenoxy) is 1. The van der Waals surface area contributed by atoms with E-state index in [9.17, 15) is 18.0 Å². The summed E-state index contributed by atoms with van der Waals surface area (Å²) in [5, 5.41) is 0.504. The van der Waals surface area contributed by atoms with Gasteiger partial charge >= 0.3 is 5.97 Å². The molecule has 0 bridgehead atoms. The number of benzene rings is 1. The molecule has 2 aliphatic rings. The molecular weight excluding hydrogens is 430 g/mol.